The number of aromatic nitrogens is 2. The largest absolute Gasteiger partial charge is 0.437 e. The van der Waals surface area contributed by atoms with Gasteiger partial charge in [0.1, 0.15) is 5.75 Å². The Labute approximate surface area is 112 Å². The van der Waals surface area contributed by atoms with Gasteiger partial charge in [0.05, 0.1) is 11.9 Å². The minimum absolute atomic E-state index is 0.369. The fourth-order valence-corrected chi connectivity index (χ4v) is 2.43. The summed E-state index contributed by atoms with van der Waals surface area (Å²) < 4.78 is 5.76. The van der Waals surface area contributed by atoms with Crippen LogP contribution in [0.1, 0.15) is 29.7 Å². The molecule has 0 atom stereocenters. The maximum absolute atomic E-state index is 5.76. The summed E-state index contributed by atoms with van der Waals surface area (Å²) in [7, 11) is 0. The smallest absolute Gasteiger partial charge is 0.238 e. The zero-order chi connectivity index (χ0) is 13.1. The Balaban J connectivity index is 1.82. The Bertz CT molecular complexity index is 583. The molecule has 2 N–H and O–H groups in total. The third-order valence-electron chi connectivity index (χ3n) is 3.41. The Morgan fingerprint density at radius 1 is 1.11 bits per heavy atom. The van der Waals surface area contributed by atoms with Gasteiger partial charge in [-0.1, -0.05) is 6.07 Å². The van der Waals surface area contributed by atoms with Crippen LogP contribution in [0.15, 0.2) is 30.6 Å². The lowest BCUT2D eigenvalue weighted by Crippen LogP contribution is -2.03. The SMILES string of the molecule is NCc1cncc(Oc2ccc3c(c2)CCCC3)n1. The van der Waals surface area contributed by atoms with Gasteiger partial charge in [0.2, 0.25) is 5.88 Å². The molecule has 0 bridgehead atoms. The standard InChI is InChI=1S/C15H17N3O/c16-8-13-9-17-10-15(18-13)19-14-6-5-11-3-1-2-4-12(11)7-14/h5-7,9-10H,1-4,8,16H2. The average Bonchev–Trinajstić information content (AvgIpc) is 2.47. The van der Waals surface area contributed by atoms with E-state index in [2.05, 4.69) is 22.1 Å². The number of hydrogen-bond acceptors (Lipinski definition) is 4. The molecule has 1 aromatic heterocycles. The van der Waals surface area contributed by atoms with E-state index >= 15 is 0 Å². The summed E-state index contributed by atoms with van der Waals surface area (Å²) in [5.74, 6) is 1.32. The molecule has 19 heavy (non-hydrogen) atoms. The van der Waals surface area contributed by atoms with Crippen LogP contribution >= 0.6 is 0 Å². The fourth-order valence-electron chi connectivity index (χ4n) is 2.43. The maximum atomic E-state index is 5.76. The molecule has 0 aliphatic heterocycles. The quantitative estimate of drug-likeness (QED) is 0.915. The van der Waals surface area contributed by atoms with Crippen LogP contribution in [-0.2, 0) is 19.4 Å². The summed E-state index contributed by atoms with van der Waals surface area (Å²) in [6.07, 6.45) is 8.13. The molecule has 0 saturated heterocycles. The molecule has 0 spiro atoms. The van der Waals surface area contributed by atoms with Gasteiger partial charge in [0.25, 0.3) is 0 Å². The molecule has 4 heteroatoms. The van der Waals surface area contributed by atoms with Gasteiger partial charge in [-0.25, -0.2) is 4.98 Å². The molecule has 0 radical (unpaired) electrons. The third kappa shape index (κ3) is 2.74. The lowest BCUT2D eigenvalue weighted by molar-refractivity contribution is 0.456. The number of nitrogens with zero attached hydrogens (tertiary/aromatic N) is 2. The zero-order valence-electron chi connectivity index (χ0n) is 10.8. The highest BCUT2D eigenvalue weighted by molar-refractivity contribution is 5.38. The van der Waals surface area contributed by atoms with Crippen LogP contribution in [0.3, 0.4) is 0 Å². The number of benzene rings is 1. The first-order chi connectivity index (χ1) is 9.35. The van der Waals surface area contributed by atoms with Gasteiger partial charge in [-0.3, -0.25) is 4.98 Å². The van der Waals surface area contributed by atoms with Crippen LogP contribution in [0, 0.1) is 0 Å². The highest BCUT2D eigenvalue weighted by Gasteiger charge is 2.10. The van der Waals surface area contributed by atoms with Gasteiger partial charge in [0.15, 0.2) is 0 Å². The number of aryl methyl sites for hydroxylation is 2. The lowest BCUT2D eigenvalue weighted by Gasteiger charge is -2.16. The molecule has 0 amide bonds. The summed E-state index contributed by atoms with van der Waals surface area (Å²) in [5.41, 5.74) is 9.12. The Hall–Kier alpha value is -1.94. The van der Waals surface area contributed by atoms with E-state index in [4.69, 9.17) is 10.5 Å². The van der Waals surface area contributed by atoms with Gasteiger partial charge in [0, 0.05) is 12.7 Å². The van der Waals surface area contributed by atoms with Crippen molar-refractivity contribution in [1.82, 2.24) is 9.97 Å². The van der Waals surface area contributed by atoms with Crippen molar-refractivity contribution in [3.05, 3.63) is 47.4 Å². The van der Waals surface area contributed by atoms with E-state index in [0.29, 0.717) is 12.4 Å². The van der Waals surface area contributed by atoms with Crippen molar-refractivity contribution in [2.75, 3.05) is 0 Å². The Morgan fingerprint density at radius 2 is 1.95 bits per heavy atom. The number of ether oxygens (including phenoxy) is 1. The summed E-state index contributed by atoms with van der Waals surface area (Å²) in [4.78, 5) is 8.36. The Morgan fingerprint density at radius 3 is 2.79 bits per heavy atom. The van der Waals surface area contributed by atoms with E-state index in [1.165, 1.54) is 30.4 Å². The topological polar surface area (TPSA) is 61.0 Å². The molecular formula is C15H17N3O. The van der Waals surface area contributed by atoms with Crippen LogP contribution in [0.5, 0.6) is 11.6 Å². The summed E-state index contributed by atoms with van der Waals surface area (Å²) in [6.45, 7) is 0.369. The molecule has 1 aromatic carbocycles. The normalized spacial score (nSPS) is 13.9. The third-order valence-corrected chi connectivity index (χ3v) is 3.41. The van der Waals surface area contributed by atoms with Crippen molar-refractivity contribution in [2.45, 2.75) is 32.2 Å². The number of rotatable bonds is 3. The predicted octanol–water partition coefficient (Wildman–Crippen LogP) is 2.61. The van der Waals surface area contributed by atoms with E-state index in [9.17, 15) is 0 Å². The molecule has 0 saturated carbocycles. The van der Waals surface area contributed by atoms with Crippen molar-refractivity contribution in [2.24, 2.45) is 5.73 Å². The molecule has 1 aliphatic carbocycles. The van der Waals surface area contributed by atoms with Gasteiger partial charge < -0.3 is 10.5 Å². The monoisotopic (exact) mass is 255 g/mol. The van der Waals surface area contributed by atoms with Gasteiger partial charge in [-0.15, -0.1) is 0 Å². The molecule has 0 unspecified atom stereocenters. The molecule has 2 aromatic rings. The van der Waals surface area contributed by atoms with E-state index < -0.39 is 0 Å². The van der Waals surface area contributed by atoms with E-state index in [-0.39, 0.29) is 0 Å². The van der Waals surface area contributed by atoms with Crippen LogP contribution < -0.4 is 10.5 Å². The lowest BCUT2D eigenvalue weighted by atomic mass is 9.92. The summed E-state index contributed by atoms with van der Waals surface area (Å²) >= 11 is 0. The second kappa shape index (κ2) is 5.36. The second-order valence-electron chi connectivity index (χ2n) is 4.79. The molecule has 3 rings (SSSR count). The number of fused-ring (bicyclic) bond motifs is 1. The minimum atomic E-state index is 0.369. The van der Waals surface area contributed by atoms with E-state index in [1.807, 2.05) is 6.07 Å². The highest BCUT2D eigenvalue weighted by atomic mass is 16.5. The first kappa shape index (κ1) is 12.1. The second-order valence-corrected chi connectivity index (χ2v) is 4.79. The average molecular weight is 255 g/mol. The fraction of sp³-hybridized carbons (Fsp3) is 0.333. The number of hydrogen-bond donors (Lipinski definition) is 1. The van der Waals surface area contributed by atoms with Crippen LogP contribution in [0.4, 0.5) is 0 Å². The summed E-state index contributed by atoms with van der Waals surface area (Å²) in [6, 6.07) is 6.27. The van der Waals surface area contributed by atoms with Crippen LogP contribution in [0.25, 0.3) is 0 Å². The van der Waals surface area contributed by atoms with Crippen molar-refractivity contribution in [1.29, 1.82) is 0 Å². The predicted molar refractivity (Wildman–Crippen MR) is 73.1 cm³/mol. The van der Waals surface area contributed by atoms with E-state index in [1.54, 1.807) is 12.4 Å². The van der Waals surface area contributed by atoms with Crippen molar-refractivity contribution in [3.63, 3.8) is 0 Å². The Kier molecular flexibility index (Phi) is 3.42. The van der Waals surface area contributed by atoms with Gasteiger partial charge in [-0.2, -0.15) is 0 Å². The molecule has 1 heterocycles. The first-order valence-electron chi connectivity index (χ1n) is 6.66. The zero-order valence-corrected chi connectivity index (χ0v) is 10.8. The molecular weight excluding hydrogens is 238 g/mol. The molecule has 4 nitrogen and oxygen atoms in total. The molecule has 98 valence electrons. The van der Waals surface area contributed by atoms with Gasteiger partial charge >= 0.3 is 0 Å². The maximum Gasteiger partial charge on any atom is 0.238 e. The van der Waals surface area contributed by atoms with Gasteiger partial charge in [-0.05, 0) is 48.9 Å². The molecule has 1 aliphatic rings. The highest BCUT2D eigenvalue weighted by Crippen LogP contribution is 2.27. The van der Waals surface area contributed by atoms with Crippen molar-refractivity contribution < 1.29 is 4.74 Å². The van der Waals surface area contributed by atoms with Crippen LogP contribution in [0.2, 0.25) is 0 Å². The first-order valence-corrected chi connectivity index (χ1v) is 6.66. The minimum Gasteiger partial charge on any atom is -0.437 e. The van der Waals surface area contributed by atoms with E-state index in [0.717, 1.165) is 17.9 Å². The van der Waals surface area contributed by atoms with Crippen LogP contribution in [-0.4, -0.2) is 9.97 Å². The number of nitrogens with two attached hydrogens (primary N) is 1. The van der Waals surface area contributed by atoms with Crippen molar-refractivity contribution >= 4 is 0 Å². The van der Waals surface area contributed by atoms with Crippen molar-refractivity contribution in [3.8, 4) is 11.6 Å². The summed E-state index contributed by atoms with van der Waals surface area (Å²) in [5, 5.41) is 0. The molecule has 0 fully saturated rings.